The highest BCUT2D eigenvalue weighted by molar-refractivity contribution is 5.85. The lowest BCUT2D eigenvalue weighted by molar-refractivity contribution is -0.143. The Morgan fingerprint density at radius 2 is 1.65 bits per heavy atom. The van der Waals surface area contributed by atoms with Gasteiger partial charge in [-0.2, -0.15) is 0 Å². The number of carbonyl (C=O) groups is 2. The van der Waals surface area contributed by atoms with Crippen molar-refractivity contribution < 1.29 is 19.9 Å². The van der Waals surface area contributed by atoms with Crippen molar-refractivity contribution in [2.75, 3.05) is 13.3 Å². The number of hydrogen-bond donors (Lipinski definition) is 3. The number of carbonyl (C=O) groups excluding carboxylic acids is 2. The summed E-state index contributed by atoms with van der Waals surface area (Å²) in [6, 6.07) is 22.2. The molecule has 2 amide bonds. The van der Waals surface area contributed by atoms with Crippen molar-refractivity contribution in [3.63, 3.8) is 0 Å². The number of rotatable bonds is 12. The highest BCUT2D eigenvalue weighted by Crippen LogP contribution is 2.21. The largest absolute Gasteiger partial charge is 0.376 e. The van der Waals surface area contributed by atoms with Crippen LogP contribution in [0.5, 0.6) is 0 Å². The lowest BCUT2D eigenvalue weighted by Crippen LogP contribution is -2.40. The van der Waals surface area contributed by atoms with Gasteiger partial charge in [-0.25, -0.2) is 5.48 Å². The average molecular weight is 462 g/mol. The fourth-order valence-electron chi connectivity index (χ4n) is 3.95. The number of benzene rings is 2. The minimum absolute atomic E-state index is 0.133. The second kappa shape index (κ2) is 13.2. The van der Waals surface area contributed by atoms with Crippen molar-refractivity contribution in [1.29, 1.82) is 0 Å². The fourth-order valence-corrected chi connectivity index (χ4v) is 3.95. The van der Waals surface area contributed by atoms with Gasteiger partial charge < -0.3 is 10.0 Å². The highest BCUT2D eigenvalue weighted by Gasteiger charge is 2.26. The van der Waals surface area contributed by atoms with Crippen LogP contribution in [0.4, 0.5) is 0 Å². The standard InChI is InChI=1S/C27H31N3O4/c31-20-30(17-15-22-7-5-16-28-19-22)27(33)25(18-26(32)29-34)10-4-6-21-11-13-24(14-12-21)23-8-2-1-3-9-23/h1-3,5,7-9,11-14,16,19,25,31,34H,4,6,10,15,17-18,20H2,(H,29,32). The molecule has 1 unspecified atom stereocenters. The fraction of sp³-hybridized carbons (Fsp3) is 0.296. The number of aryl methyl sites for hydroxylation is 1. The van der Waals surface area contributed by atoms with Crippen molar-refractivity contribution in [2.24, 2.45) is 5.92 Å². The Kier molecular flexibility index (Phi) is 9.76. The molecule has 0 aliphatic carbocycles. The minimum Gasteiger partial charge on any atom is -0.376 e. The normalized spacial score (nSPS) is 11.6. The maximum absolute atomic E-state index is 13.1. The Hall–Kier alpha value is -3.55. The molecule has 2 aromatic carbocycles. The van der Waals surface area contributed by atoms with Gasteiger partial charge in [0.25, 0.3) is 0 Å². The molecule has 3 aromatic rings. The number of aliphatic hydroxyl groups excluding tert-OH is 1. The minimum atomic E-state index is -0.628. The Morgan fingerprint density at radius 3 is 2.29 bits per heavy atom. The van der Waals surface area contributed by atoms with Gasteiger partial charge in [-0.15, -0.1) is 0 Å². The molecule has 0 aliphatic heterocycles. The molecule has 34 heavy (non-hydrogen) atoms. The number of hydrogen-bond acceptors (Lipinski definition) is 5. The summed E-state index contributed by atoms with van der Waals surface area (Å²) in [5.74, 6) is -1.54. The zero-order valence-corrected chi connectivity index (χ0v) is 19.1. The smallest absolute Gasteiger partial charge is 0.244 e. The predicted molar refractivity (Wildman–Crippen MR) is 130 cm³/mol. The third-order valence-corrected chi connectivity index (χ3v) is 5.86. The van der Waals surface area contributed by atoms with Gasteiger partial charge in [-0.05, 0) is 54.0 Å². The van der Waals surface area contributed by atoms with Gasteiger partial charge in [0.15, 0.2) is 0 Å². The molecule has 0 spiro atoms. The molecule has 0 aliphatic rings. The summed E-state index contributed by atoms with van der Waals surface area (Å²) >= 11 is 0. The van der Waals surface area contributed by atoms with Crippen LogP contribution in [0.3, 0.4) is 0 Å². The molecule has 7 nitrogen and oxygen atoms in total. The van der Waals surface area contributed by atoms with Crippen molar-refractivity contribution in [3.05, 3.63) is 90.3 Å². The highest BCUT2D eigenvalue weighted by atomic mass is 16.5. The molecule has 1 heterocycles. The lowest BCUT2D eigenvalue weighted by Gasteiger charge is -2.25. The summed E-state index contributed by atoms with van der Waals surface area (Å²) in [7, 11) is 0. The van der Waals surface area contributed by atoms with Crippen LogP contribution in [0, 0.1) is 5.92 Å². The number of hydroxylamine groups is 1. The van der Waals surface area contributed by atoms with Crippen molar-refractivity contribution in [3.8, 4) is 11.1 Å². The molecule has 1 aromatic heterocycles. The zero-order valence-electron chi connectivity index (χ0n) is 19.1. The molecular formula is C27H31N3O4. The van der Waals surface area contributed by atoms with Crippen LogP contribution in [0.1, 0.15) is 30.4 Å². The van der Waals surface area contributed by atoms with E-state index in [1.807, 2.05) is 30.3 Å². The first kappa shape index (κ1) is 25.1. The molecule has 178 valence electrons. The molecule has 0 radical (unpaired) electrons. The molecular weight excluding hydrogens is 430 g/mol. The second-order valence-corrected chi connectivity index (χ2v) is 8.25. The number of amides is 2. The third-order valence-electron chi connectivity index (χ3n) is 5.86. The molecule has 3 N–H and O–H groups in total. The summed E-state index contributed by atoms with van der Waals surface area (Å²) in [4.78, 5) is 30.3. The number of aliphatic hydroxyl groups is 1. The molecule has 0 saturated heterocycles. The van der Waals surface area contributed by atoms with Gasteiger partial charge >= 0.3 is 0 Å². The van der Waals surface area contributed by atoms with Gasteiger partial charge in [0.2, 0.25) is 11.8 Å². The average Bonchev–Trinajstić information content (AvgIpc) is 2.89. The quantitative estimate of drug-likeness (QED) is 0.217. The monoisotopic (exact) mass is 461 g/mol. The van der Waals surface area contributed by atoms with E-state index < -0.39 is 18.6 Å². The van der Waals surface area contributed by atoms with Crippen LogP contribution in [0.2, 0.25) is 0 Å². The van der Waals surface area contributed by atoms with Gasteiger partial charge in [0, 0.05) is 31.3 Å². The summed E-state index contributed by atoms with van der Waals surface area (Å²) in [5.41, 5.74) is 6.02. The van der Waals surface area contributed by atoms with Crippen LogP contribution >= 0.6 is 0 Å². The van der Waals surface area contributed by atoms with Gasteiger partial charge in [-0.1, -0.05) is 60.7 Å². The van der Waals surface area contributed by atoms with Crippen LogP contribution in [0.25, 0.3) is 11.1 Å². The van der Waals surface area contributed by atoms with Crippen molar-refractivity contribution in [2.45, 2.75) is 32.1 Å². The first-order chi connectivity index (χ1) is 16.6. The zero-order chi connectivity index (χ0) is 24.2. The summed E-state index contributed by atoms with van der Waals surface area (Å²) < 4.78 is 0. The first-order valence-electron chi connectivity index (χ1n) is 11.5. The van der Waals surface area contributed by atoms with Crippen molar-refractivity contribution >= 4 is 11.8 Å². The molecule has 0 bridgehead atoms. The second-order valence-electron chi connectivity index (χ2n) is 8.25. The van der Waals surface area contributed by atoms with E-state index in [2.05, 4.69) is 41.4 Å². The van der Waals surface area contributed by atoms with E-state index in [9.17, 15) is 14.7 Å². The van der Waals surface area contributed by atoms with Crippen LogP contribution < -0.4 is 5.48 Å². The molecule has 7 heteroatoms. The number of pyridine rings is 1. The van der Waals surface area contributed by atoms with E-state index in [0.29, 0.717) is 25.8 Å². The topological polar surface area (TPSA) is 103 Å². The van der Waals surface area contributed by atoms with E-state index >= 15 is 0 Å². The van der Waals surface area contributed by atoms with Crippen LogP contribution in [0.15, 0.2) is 79.1 Å². The van der Waals surface area contributed by atoms with Crippen LogP contribution in [-0.4, -0.2) is 45.3 Å². The molecule has 3 rings (SSSR count). The Morgan fingerprint density at radius 1 is 0.912 bits per heavy atom. The maximum Gasteiger partial charge on any atom is 0.244 e. The Labute approximate surface area is 200 Å². The SMILES string of the molecule is O=C(CC(CCCc1ccc(-c2ccccc2)cc1)C(=O)N(CO)CCc1cccnc1)NO. The van der Waals surface area contributed by atoms with Gasteiger partial charge in [-0.3, -0.25) is 19.8 Å². The van der Waals surface area contributed by atoms with E-state index in [1.54, 1.807) is 17.9 Å². The number of nitrogens with zero attached hydrogens (tertiary/aromatic N) is 2. The molecule has 1 atom stereocenters. The molecule has 0 saturated carbocycles. The summed E-state index contributed by atoms with van der Waals surface area (Å²) in [6.45, 7) is -0.115. The predicted octanol–water partition coefficient (Wildman–Crippen LogP) is 3.60. The van der Waals surface area contributed by atoms with Gasteiger partial charge in [0.05, 0.1) is 0 Å². The first-order valence-corrected chi connectivity index (χ1v) is 11.5. The van der Waals surface area contributed by atoms with E-state index in [1.165, 1.54) is 4.90 Å². The summed E-state index contributed by atoms with van der Waals surface area (Å²) in [5, 5.41) is 18.7. The Bertz CT molecular complexity index is 1030. The van der Waals surface area contributed by atoms with Gasteiger partial charge in [0.1, 0.15) is 6.73 Å². The maximum atomic E-state index is 13.1. The van der Waals surface area contributed by atoms with Crippen LogP contribution in [-0.2, 0) is 22.4 Å². The Balaban J connectivity index is 1.58. The van der Waals surface area contributed by atoms with Crippen molar-refractivity contribution in [1.82, 2.24) is 15.4 Å². The van der Waals surface area contributed by atoms with E-state index in [0.717, 1.165) is 28.7 Å². The van der Waals surface area contributed by atoms with E-state index in [-0.39, 0.29) is 12.3 Å². The lowest BCUT2D eigenvalue weighted by atomic mass is 9.94. The molecule has 0 fully saturated rings. The number of nitrogens with one attached hydrogen (secondary N) is 1. The number of aromatic nitrogens is 1. The summed E-state index contributed by atoms with van der Waals surface area (Å²) in [6.07, 6.45) is 5.74. The third kappa shape index (κ3) is 7.50. The van der Waals surface area contributed by atoms with E-state index in [4.69, 9.17) is 5.21 Å².